The fourth-order valence-corrected chi connectivity index (χ4v) is 2.89. The van der Waals surface area contributed by atoms with Crippen molar-refractivity contribution in [2.75, 3.05) is 6.54 Å². The molecule has 1 heterocycles. The predicted octanol–water partition coefficient (Wildman–Crippen LogP) is 3.53. The van der Waals surface area contributed by atoms with Gasteiger partial charge in [0, 0.05) is 12.7 Å². The summed E-state index contributed by atoms with van der Waals surface area (Å²) in [6, 6.07) is 2.27. The number of unbranched alkanes of at least 4 members (excludes halogenated alkanes) is 1. The van der Waals surface area contributed by atoms with Gasteiger partial charge in [-0.2, -0.15) is 0 Å². The van der Waals surface area contributed by atoms with Crippen LogP contribution in [-0.2, 0) is 6.42 Å². The highest BCUT2D eigenvalue weighted by Gasteiger charge is 2.24. The molecule has 2 nitrogen and oxygen atoms in total. The highest BCUT2D eigenvalue weighted by molar-refractivity contribution is 7.80. The van der Waals surface area contributed by atoms with E-state index in [1.165, 1.54) is 36.1 Å². The number of rotatable bonds is 4. The van der Waals surface area contributed by atoms with Crippen molar-refractivity contribution in [1.82, 2.24) is 10.3 Å². The Morgan fingerprint density at radius 3 is 3.17 bits per heavy atom. The highest BCUT2D eigenvalue weighted by Crippen LogP contribution is 2.31. The molecule has 98 valence electrons. The molecule has 0 spiro atoms. The molecule has 1 unspecified atom stereocenters. The number of hydrogen-bond acceptors (Lipinski definition) is 2. The van der Waals surface area contributed by atoms with E-state index in [1.54, 1.807) is 0 Å². The summed E-state index contributed by atoms with van der Waals surface area (Å²) in [6.07, 6.45) is 7.86. The highest BCUT2D eigenvalue weighted by atomic mass is 32.1. The van der Waals surface area contributed by atoms with E-state index in [-0.39, 0.29) is 0 Å². The van der Waals surface area contributed by atoms with E-state index >= 15 is 0 Å². The minimum atomic E-state index is 0.334. The first kappa shape index (κ1) is 13.5. The Bertz CT molecular complexity index is 429. The molecule has 0 saturated heterocycles. The van der Waals surface area contributed by atoms with Gasteiger partial charge in [0.15, 0.2) is 0 Å². The Hall–Kier alpha value is -0.960. The number of fused-ring (bicyclic) bond motifs is 1. The molecule has 0 saturated carbocycles. The van der Waals surface area contributed by atoms with Crippen molar-refractivity contribution >= 4 is 17.2 Å². The van der Waals surface area contributed by atoms with Crippen molar-refractivity contribution in [2.24, 2.45) is 0 Å². The number of aryl methyl sites for hydroxylation is 2. The second kappa shape index (κ2) is 6.28. The molecule has 0 radical (unpaired) electrons. The van der Waals surface area contributed by atoms with E-state index in [9.17, 15) is 0 Å². The fourth-order valence-electron chi connectivity index (χ4n) is 2.55. The van der Waals surface area contributed by atoms with E-state index < -0.39 is 0 Å². The van der Waals surface area contributed by atoms with Crippen LogP contribution in [0.3, 0.4) is 0 Å². The van der Waals surface area contributed by atoms with Crippen LogP contribution in [0.25, 0.3) is 0 Å². The van der Waals surface area contributed by atoms with Gasteiger partial charge in [-0.1, -0.05) is 31.6 Å². The van der Waals surface area contributed by atoms with E-state index in [0.717, 1.165) is 24.4 Å². The van der Waals surface area contributed by atoms with Gasteiger partial charge in [0.2, 0.25) is 0 Å². The van der Waals surface area contributed by atoms with Crippen LogP contribution >= 0.6 is 12.2 Å². The molecular formula is C15H22N2S. The monoisotopic (exact) mass is 262 g/mol. The van der Waals surface area contributed by atoms with Gasteiger partial charge in [0.25, 0.3) is 0 Å². The van der Waals surface area contributed by atoms with Crippen LogP contribution in [0.4, 0.5) is 0 Å². The molecule has 0 amide bonds. The summed E-state index contributed by atoms with van der Waals surface area (Å²) in [4.78, 5) is 5.61. The average Bonchev–Trinajstić information content (AvgIpc) is 2.37. The van der Waals surface area contributed by atoms with E-state index in [4.69, 9.17) is 12.2 Å². The van der Waals surface area contributed by atoms with Crippen molar-refractivity contribution in [3.05, 3.63) is 29.1 Å². The van der Waals surface area contributed by atoms with Crippen LogP contribution in [0, 0.1) is 6.92 Å². The molecule has 18 heavy (non-hydrogen) atoms. The lowest BCUT2D eigenvalue weighted by Crippen LogP contribution is -2.31. The van der Waals surface area contributed by atoms with E-state index in [2.05, 4.69) is 30.2 Å². The van der Waals surface area contributed by atoms with Crippen molar-refractivity contribution in [1.29, 1.82) is 0 Å². The zero-order valence-corrected chi connectivity index (χ0v) is 12.1. The molecule has 1 N–H and O–H groups in total. The Morgan fingerprint density at radius 1 is 1.56 bits per heavy atom. The predicted molar refractivity (Wildman–Crippen MR) is 80.2 cm³/mol. The molecule has 1 aliphatic carbocycles. The largest absolute Gasteiger partial charge is 0.379 e. The van der Waals surface area contributed by atoms with Crippen molar-refractivity contribution in [3.8, 4) is 0 Å². The minimum Gasteiger partial charge on any atom is -0.379 e. The van der Waals surface area contributed by atoms with Gasteiger partial charge in [0.05, 0.1) is 16.6 Å². The SMILES string of the molecule is CCCCNC(=S)C1CCCc2cc(C)cnc21. The van der Waals surface area contributed by atoms with Gasteiger partial charge >= 0.3 is 0 Å². The van der Waals surface area contributed by atoms with E-state index in [0.29, 0.717) is 5.92 Å². The summed E-state index contributed by atoms with van der Waals surface area (Å²) in [6.45, 7) is 5.30. The molecule has 1 aliphatic rings. The van der Waals surface area contributed by atoms with Gasteiger partial charge in [-0.25, -0.2) is 0 Å². The summed E-state index contributed by atoms with van der Waals surface area (Å²) in [7, 11) is 0. The Labute approximate surface area is 115 Å². The molecule has 1 aromatic heterocycles. The first-order valence-electron chi connectivity index (χ1n) is 6.95. The normalized spacial score (nSPS) is 18.2. The maximum atomic E-state index is 5.55. The molecule has 0 bridgehead atoms. The second-order valence-corrected chi connectivity index (χ2v) is 5.59. The second-order valence-electron chi connectivity index (χ2n) is 5.15. The Kier molecular flexibility index (Phi) is 4.70. The number of pyridine rings is 1. The molecule has 3 heteroatoms. The lowest BCUT2D eigenvalue weighted by atomic mass is 9.86. The van der Waals surface area contributed by atoms with Gasteiger partial charge < -0.3 is 5.32 Å². The van der Waals surface area contributed by atoms with Gasteiger partial charge in [-0.3, -0.25) is 4.98 Å². The number of hydrogen-bond donors (Lipinski definition) is 1. The van der Waals surface area contributed by atoms with Crippen molar-refractivity contribution < 1.29 is 0 Å². The molecule has 0 aliphatic heterocycles. The summed E-state index contributed by atoms with van der Waals surface area (Å²) in [5.74, 6) is 0.334. The first-order chi connectivity index (χ1) is 8.72. The summed E-state index contributed by atoms with van der Waals surface area (Å²) in [5, 5.41) is 3.40. The lowest BCUT2D eigenvalue weighted by molar-refractivity contribution is 0.619. The number of nitrogens with zero attached hydrogens (tertiary/aromatic N) is 1. The van der Waals surface area contributed by atoms with Crippen LogP contribution in [0.5, 0.6) is 0 Å². The topological polar surface area (TPSA) is 24.9 Å². The number of nitrogens with one attached hydrogen (secondary N) is 1. The molecule has 0 fully saturated rings. The Balaban J connectivity index is 2.09. The van der Waals surface area contributed by atoms with Crippen molar-refractivity contribution in [2.45, 2.75) is 51.9 Å². The van der Waals surface area contributed by atoms with E-state index in [1.807, 2.05) is 6.20 Å². The lowest BCUT2D eigenvalue weighted by Gasteiger charge is -2.25. The summed E-state index contributed by atoms with van der Waals surface area (Å²) in [5.41, 5.74) is 3.85. The van der Waals surface area contributed by atoms with Crippen molar-refractivity contribution in [3.63, 3.8) is 0 Å². The van der Waals surface area contributed by atoms with Crippen LogP contribution in [0.15, 0.2) is 12.3 Å². The zero-order valence-electron chi connectivity index (χ0n) is 11.3. The smallest absolute Gasteiger partial charge is 0.0845 e. The van der Waals surface area contributed by atoms with Crippen LogP contribution in [-0.4, -0.2) is 16.5 Å². The maximum absolute atomic E-state index is 5.55. The minimum absolute atomic E-state index is 0.334. The quantitative estimate of drug-likeness (QED) is 0.664. The molecular weight excluding hydrogens is 240 g/mol. The van der Waals surface area contributed by atoms with Gasteiger partial charge in [-0.05, 0) is 43.7 Å². The first-order valence-corrected chi connectivity index (χ1v) is 7.36. The standard InChI is InChI=1S/C15H22N2S/c1-3-4-8-16-15(18)13-7-5-6-12-9-11(2)10-17-14(12)13/h9-10,13H,3-8H2,1-2H3,(H,16,18). The van der Waals surface area contributed by atoms with Crippen LogP contribution < -0.4 is 5.32 Å². The third-order valence-electron chi connectivity index (χ3n) is 3.55. The van der Waals surface area contributed by atoms with Crippen LogP contribution in [0.2, 0.25) is 0 Å². The van der Waals surface area contributed by atoms with Gasteiger partial charge in [0.1, 0.15) is 0 Å². The molecule has 1 aromatic rings. The molecule has 1 atom stereocenters. The summed E-state index contributed by atoms with van der Waals surface area (Å²) >= 11 is 5.55. The maximum Gasteiger partial charge on any atom is 0.0845 e. The number of thiocarbonyl (C=S) groups is 1. The average molecular weight is 262 g/mol. The fraction of sp³-hybridized carbons (Fsp3) is 0.600. The molecule has 2 rings (SSSR count). The Morgan fingerprint density at radius 2 is 2.39 bits per heavy atom. The number of aromatic nitrogens is 1. The van der Waals surface area contributed by atoms with Gasteiger partial charge in [-0.15, -0.1) is 0 Å². The summed E-state index contributed by atoms with van der Waals surface area (Å²) < 4.78 is 0. The zero-order chi connectivity index (χ0) is 13.0. The third-order valence-corrected chi connectivity index (χ3v) is 3.98. The van der Waals surface area contributed by atoms with Crippen LogP contribution in [0.1, 0.15) is 55.3 Å². The third kappa shape index (κ3) is 3.08. The molecule has 0 aromatic carbocycles.